The first kappa shape index (κ1) is 12.4. The van der Waals surface area contributed by atoms with Crippen molar-refractivity contribution in [3.05, 3.63) is 29.8 Å². The molecule has 2 N–H and O–H groups in total. The third-order valence-electron chi connectivity index (χ3n) is 2.15. The molecule has 0 aliphatic carbocycles. The second kappa shape index (κ2) is 4.90. The van der Waals surface area contributed by atoms with Crippen LogP contribution in [0.25, 0.3) is 0 Å². The largest absolute Gasteiger partial charge is 0.396 e. The van der Waals surface area contributed by atoms with E-state index in [4.69, 9.17) is 5.73 Å². The van der Waals surface area contributed by atoms with Crippen LogP contribution in [0, 0.1) is 0 Å². The first-order valence-corrected chi connectivity index (χ1v) is 5.62. The number of thioether (sulfide) groups is 1. The van der Waals surface area contributed by atoms with E-state index < -0.39 is 18.6 Å². The lowest BCUT2D eigenvalue weighted by Gasteiger charge is -2.18. The molecule has 0 saturated carbocycles. The average Bonchev–Trinajstić information content (AvgIpc) is 2.18. The van der Waals surface area contributed by atoms with E-state index in [-0.39, 0.29) is 5.56 Å². The molecule has 0 amide bonds. The Morgan fingerprint density at radius 3 is 2.13 bits per heavy atom. The van der Waals surface area contributed by atoms with Crippen molar-refractivity contribution in [2.24, 2.45) is 5.73 Å². The zero-order valence-electron chi connectivity index (χ0n) is 8.21. The van der Waals surface area contributed by atoms with Gasteiger partial charge in [0.1, 0.15) is 0 Å². The van der Waals surface area contributed by atoms with Crippen LogP contribution in [0.3, 0.4) is 0 Å². The van der Waals surface area contributed by atoms with Gasteiger partial charge in [0.25, 0.3) is 0 Å². The molecule has 1 nitrogen and oxygen atoms in total. The van der Waals surface area contributed by atoms with Crippen LogP contribution in [-0.2, 0) is 0 Å². The maximum absolute atomic E-state index is 12.5. The molecule has 0 radical (unpaired) electrons. The molecule has 0 aliphatic rings. The molecule has 1 rings (SSSR count). The van der Waals surface area contributed by atoms with E-state index in [1.807, 2.05) is 6.26 Å². The Bertz CT molecular complexity index is 307. The minimum absolute atomic E-state index is 0.225. The van der Waals surface area contributed by atoms with E-state index in [9.17, 15) is 13.2 Å². The molecule has 0 saturated heterocycles. The monoisotopic (exact) mass is 235 g/mol. The van der Waals surface area contributed by atoms with E-state index in [0.29, 0.717) is 0 Å². The molecule has 1 atom stereocenters. The van der Waals surface area contributed by atoms with Crippen LogP contribution in [0.2, 0.25) is 0 Å². The molecule has 15 heavy (non-hydrogen) atoms. The highest BCUT2D eigenvalue weighted by molar-refractivity contribution is 7.98. The highest BCUT2D eigenvalue weighted by Gasteiger charge is 2.39. The molecule has 84 valence electrons. The van der Waals surface area contributed by atoms with E-state index in [2.05, 4.69) is 0 Å². The molecule has 0 aromatic heterocycles. The van der Waals surface area contributed by atoms with Crippen molar-refractivity contribution < 1.29 is 13.2 Å². The standard InChI is InChI=1S/C10H12F3NS/c1-15-8-4-2-7(3-5-8)9(6-14)10(11,12)13/h2-5,9H,6,14H2,1H3. The summed E-state index contributed by atoms with van der Waals surface area (Å²) in [7, 11) is 0. The van der Waals surface area contributed by atoms with E-state index in [1.54, 1.807) is 12.1 Å². The van der Waals surface area contributed by atoms with Crippen molar-refractivity contribution in [1.82, 2.24) is 0 Å². The van der Waals surface area contributed by atoms with Crippen LogP contribution in [0.5, 0.6) is 0 Å². The van der Waals surface area contributed by atoms with Gasteiger partial charge in [0.15, 0.2) is 0 Å². The van der Waals surface area contributed by atoms with E-state index >= 15 is 0 Å². The average molecular weight is 235 g/mol. The zero-order valence-corrected chi connectivity index (χ0v) is 9.03. The van der Waals surface area contributed by atoms with Crippen LogP contribution in [0.1, 0.15) is 11.5 Å². The van der Waals surface area contributed by atoms with Gasteiger partial charge in [0.2, 0.25) is 0 Å². The topological polar surface area (TPSA) is 26.0 Å². The second-order valence-electron chi connectivity index (χ2n) is 3.10. The fourth-order valence-electron chi connectivity index (χ4n) is 1.29. The van der Waals surface area contributed by atoms with Crippen molar-refractivity contribution in [2.75, 3.05) is 12.8 Å². The van der Waals surface area contributed by atoms with Gasteiger partial charge in [0, 0.05) is 11.4 Å². The smallest absolute Gasteiger partial charge is 0.330 e. The quantitative estimate of drug-likeness (QED) is 0.815. The number of halogens is 3. The van der Waals surface area contributed by atoms with Gasteiger partial charge in [-0.2, -0.15) is 13.2 Å². The molecule has 0 aliphatic heterocycles. The fourth-order valence-corrected chi connectivity index (χ4v) is 1.70. The van der Waals surface area contributed by atoms with Gasteiger partial charge in [0.05, 0.1) is 5.92 Å². The molecule has 1 unspecified atom stereocenters. The summed E-state index contributed by atoms with van der Waals surface area (Å²) in [4.78, 5) is 0.941. The summed E-state index contributed by atoms with van der Waals surface area (Å²) in [6.07, 6.45) is -2.39. The highest BCUT2D eigenvalue weighted by Crippen LogP contribution is 2.34. The number of nitrogens with two attached hydrogens (primary N) is 1. The van der Waals surface area contributed by atoms with Gasteiger partial charge in [-0.05, 0) is 24.0 Å². The Kier molecular flexibility index (Phi) is 4.04. The van der Waals surface area contributed by atoms with Crippen LogP contribution < -0.4 is 5.73 Å². The summed E-state index contributed by atoms with van der Waals surface area (Å²) >= 11 is 1.49. The number of hydrogen-bond donors (Lipinski definition) is 1. The Hall–Kier alpha value is -0.680. The minimum Gasteiger partial charge on any atom is -0.330 e. The van der Waals surface area contributed by atoms with Crippen LogP contribution >= 0.6 is 11.8 Å². The summed E-state index contributed by atoms with van der Waals surface area (Å²) in [6.45, 7) is -0.415. The molecular weight excluding hydrogens is 223 g/mol. The van der Waals surface area contributed by atoms with Crippen molar-refractivity contribution in [2.45, 2.75) is 17.0 Å². The molecule has 5 heteroatoms. The van der Waals surface area contributed by atoms with Crippen molar-refractivity contribution in [1.29, 1.82) is 0 Å². The van der Waals surface area contributed by atoms with Crippen molar-refractivity contribution in [3.63, 3.8) is 0 Å². The van der Waals surface area contributed by atoms with Gasteiger partial charge in [-0.25, -0.2) is 0 Å². The van der Waals surface area contributed by atoms with E-state index in [1.165, 1.54) is 23.9 Å². The molecule has 0 fully saturated rings. The third kappa shape index (κ3) is 3.14. The number of hydrogen-bond acceptors (Lipinski definition) is 2. The summed E-state index contributed by atoms with van der Waals surface area (Å²) < 4.78 is 37.5. The van der Waals surface area contributed by atoms with Gasteiger partial charge in [-0.15, -0.1) is 11.8 Å². The Balaban J connectivity index is 2.93. The van der Waals surface area contributed by atoms with E-state index in [0.717, 1.165) is 4.90 Å². The van der Waals surface area contributed by atoms with Crippen molar-refractivity contribution in [3.8, 4) is 0 Å². The summed E-state index contributed by atoms with van der Waals surface area (Å²) in [5.74, 6) is -1.56. The Morgan fingerprint density at radius 1 is 1.27 bits per heavy atom. The lowest BCUT2D eigenvalue weighted by molar-refractivity contribution is -0.148. The summed E-state index contributed by atoms with van der Waals surface area (Å²) in [5, 5.41) is 0. The predicted molar refractivity (Wildman–Crippen MR) is 56.1 cm³/mol. The first-order valence-electron chi connectivity index (χ1n) is 4.39. The molecule has 0 heterocycles. The van der Waals surface area contributed by atoms with Gasteiger partial charge in [-0.1, -0.05) is 12.1 Å². The van der Waals surface area contributed by atoms with Gasteiger partial charge in [-0.3, -0.25) is 0 Å². The second-order valence-corrected chi connectivity index (χ2v) is 3.98. The normalized spacial score (nSPS) is 13.9. The fraction of sp³-hybridized carbons (Fsp3) is 0.400. The lowest BCUT2D eigenvalue weighted by Crippen LogP contribution is -2.27. The van der Waals surface area contributed by atoms with Gasteiger partial charge < -0.3 is 5.73 Å². The lowest BCUT2D eigenvalue weighted by atomic mass is 9.99. The molecule has 0 bridgehead atoms. The van der Waals surface area contributed by atoms with Crippen molar-refractivity contribution >= 4 is 11.8 Å². The minimum atomic E-state index is -4.27. The maximum atomic E-state index is 12.5. The summed E-state index contributed by atoms with van der Waals surface area (Å²) in [5.41, 5.74) is 5.36. The highest BCUT2D eigenvalue weighted by atomic mass is 32.2. The van der Waals surface area contributed by atoms with Crippen LogP contribution in [0.15, 0.2) is 29.2 Å². The number of benzene rings is 1. The molecule has 0 spiro atoms. The Morgan fingerprint density at radius 2 is 1.80 bits per heavy atom. The number of alkyl halides is 3. The molecular formula is C10H12F3NS. The number of rotatable bonds is 3. The third-order valence-corrected chi connectivity index (χ3v) is 2.89. The molecule has 1 aromatic rings. The first-order chi connectivity index (χ1) is 6.99. The van der Waals surface area contributed by atoms with Crippen LogP contribution in [0.4, 0.5) is 13.2 Å². The van der Waals surface area contributed by atoms with Gasteiger partial charge >= 0.3 is 6.18 Å². The maximum Gasteiger partial charge on any atom is 0.396 e. The zero-order chi connectivity index (χ0) is 11.5. The molecule has 1 aromatic carbocycles. The predicted octanol–water partition coefficient (Wildman–Crippen LogP) is 3.01. The summed E-state index contributed by atoms with van der Waals surface area (Å²) in [6, 6.07) is 6.32. The SMILES string of the molecule is CSc1ccc(C(CN)C(F)(F)F)cc1. The van der Waals surface area contributed by atoms with Crippen LogP contribution in [-0.4, -0.2) is 19.0 Å². The Labute approximate surface area is 90.9 Å².